The maximum absolute atomic E-state index is 13.7. The van der Waals surface area contributed by atoms with Crippen LogP contribution in [0.2, 0.25) is 0 Å². The highest BCUT2D eigenvalue weighted by molar-refractivity contribution is 9.10. The Hall–Kier alpha value is -1.26. The molecule has 0 saturated heterocycles. The summed E-state index contributed by atoms with van der Waals surface area (Å²) in [5.74, 6) is -0.837. The van der Waals surface area contributed by atoms with Crippen molar-refractivity contribution in [3.8, 4) is 0 Å². The zero-order valence-corrected chi connectivity index (χ0v) is 11.9. The monoisotopic (exact) mass is 326 g/mol. The molecule has 1 nitrogen and oxygen atoms in total. The number of halogens is 3. The fraction of sp³-hybridized carbons (Fsp3) is 0.200. The Balaban J connectivity index is 2.31. The summed E-state index contributed by atoms with van der Waals surface area (Å²) in [5.41, 5.74) is 1.74. The van der Waals surface area contributed by atoms with Crippen molar-refractivity contribution in [3.63, 3.8) is 0 Å². The Morgan fingerprint density at radius 2 is 1.95 bits per heavy atom. The smallest absolute Gasteiger partial charge is 0.130 e. The lowest BCUT2D eigenvalue weighted by Gasteiger charge is -2.15. The van der Waals surface area contributed by atoms with Crippen LogP contribution in [0.4, 0.5) is 8.78 Å². The van der Waals surface area contributed by atoms with Crippen LogP contribution in [0.1, 0.15) is 22.8 Å². The van der Waals surface area contributed by atoms with Gasteiger partial charge in [-0.25, -0.2) is 8.78 Å². The van der Waals surface area contributed by atoms with Gasteiger partial charge in [0.15, 0.2) is 0 Å². The van der Waals surface area contributed by atoms with Gasteiger partial charge >= 0.3 is 0 Å². The molecule has 2 rings (SSSR count). The second-order valence-corrected chi connectivity index (χ2v) is 5.28. The fourth-order valence-corrected chi connectivity index (χ4v) is 2.61. The number of rotatable bonds is 3. The van der Waals surface area contributed by atoms with Gasteiger partial charge in [-0.15, -0.1) is 0 Å². The van der Waals surface area contributed by atoms with Crippen molar-refractivity contribution < 1.29 is 13.9 Å². The Labute approximate surface area is 119 Å². The zero-order chi connectivity index (χ0) is 14.0. The summed E-state index contributed by atoms with van der Waals surface area (Å²) in [5, 5.41) is 10.2. The maximum Gasteiger partial charge on any atom is 0.130 e. The molecular formula is C15H13BrF2O. The standard InChI is InChI=1S/C15H13BrF2O/c1-9-5-6-11(17)7-10(9)8-14(19)15-12(16)3-2-4-13(15)18/h2-7,14,19H,8H2,1H3. The summed E-state index contributed by atoms with van der Waals surface area (Å²) in [4.78, 5) is 0. The highest BCUT2D eigenvalue weighted by Gasteiger charge is 2.17. The molecule has 0 spiro atoms. The van der Waals surface area contributed by atoms with E-state index in [-0.39, 0.29) is 17.8 Å². The van der Waals surface area contributed by atoms with Gasteiger partial charge in [-0.2, -0.15) is 0 Å². The maximum atomic E-state index is 13.7. The van der Waals surface area contributed by atoms with E-state index >= 15 is 0 Å². The molecule has 0 aromatic heterocycles. The van der Waals surface area contributed by atoms with E-state index in [0.717, 1.165) is 5.56 Å². The van der Waals surface area contributed by atoms with E-state index in [1.54, 1.807) is 18.2 Å². The number of hydrogen-bond donors (Lipinski definition) is 1. The molecule has 1 unspecified atom stereocenters. The average Bonchev–Trinajstić information content (AvgIpc) is 2.33. The molecule has 0 aliphatic rings. The van der Waals surface area contributed by atoms with Gasteiger partial charge in [-0.3, -0.25) is 0 Å². The number of hydrogen-bond acceptors (Lipinski definition) is 1. The van der Waals surface area contributed by atoms with Crippen molar-refractivity contribution in [2.75, 3.05) is 0 Å². The highest BCUT2D eigenvalue weighted by Crippen LogP contribution is 2.29. The van der Waals surface area contributed by atoms with Gasteiger partial charge in [0.1, 0.15) is 11.6 Å². The van der Waals surface area contributed by atoms with E-state index in [9.17, 15) is 13.9 Å². The highest BCUT2D eigenvalue weighted by atomic mass is 79.9. The molecule has 1 N–H and O–H groups in total. The molecule has 0 heterocycles. The molecule has 0 amide bonds. The van der Waals surface area contributed by atoms with E-state index in [0.29, 0.717) is 10.0 Å². The number of aliphatic hydroxyl groups is 1. The van der Waals surface area contributed by atoms with Crippen molar-refractivity contribution in [2.45, 2.75) is 19.4 Å². The average molecular weight is 327 g/mol. The molecule has 4 heteroatoms. The van der Waals surface area contributed by atoms with E-state index < -0.39 is 11.9 Å². The Kier molecular flexibility index (Phi) is 4.32. The van der Waals surface area contributed by atoms with Gasteiger partial charge < -0.3 is 5.11 Å². The lowest BCUT2D eigenvalue weighted by atomic mass is 9.98. The molecule has 0 aliphatic heterocycles. The van der Waals surface area contributed by atoms with Crippen molar-refractivity contribution >= 4 is 15.9 Å². The topological polar surface area (TPSA) is 20.2 Å². The van der Waals surface area contributed by atoms with Crippen LogP contribution in [-0.2, 0) is 6.42 Å². The number of aliphatic hydroxyl groups excluding tert-OH is 1. The minimum Gasteiger partial charge on any atom is -0.388 e. The summed E-state index contributed by atoms with van der Waals surface area (Å²) >= 11 is 3.22. The van der Waals surface area contributed by atoms with Crippen LogP contribution in [-0.4, -0.2) is 5.11 Å². The first-order chi connectivity index (χ1) is 8.99. The number of aryl methyl sites for hydroxylation is 1. The first-order valence-electron chi connectivity index (χ1n) is 5.86. The van der Waals surface area contributed by atoms with Gasteiger partial charge in [0, 0.05) is 16.5 Å². The molecule has 0 radical (unpaired) electrons. The van der Waals surface area contributed by atoms with Crippen molar-refractivity contribution in [2.24, 2.45) is 0 Å². The predicted molar refractivity (Wildman–Crippen MR) is 73.9 cm³/mol. The summed E-state index contributed by atoms with van der Waals surface area (Å²) in [6.45, 7) is 1.83. The van der Waals surface area contributed by atoms with Crippen LogP contribution in [0, 0.1) is 18.6 Å². The normalized spacial score (nSPS) is 12.5. The molecule has 1 atom stereocenters. The van der Waals surface area contributed by atoms with E-state index in [1.165, 1.54) is 18.2 Å². The Bertz CT molecular complexity index is 578. The van der Waals surface area contributed by atoms with Gasteiger partial charge in [0.2, 0.25) is 0 Å². The third-order valence-corrected chi connectivity index (χ3v) is 3.75. The van der Waals surface area contributed by atoms with Gasteiger partial charge in [-0.1, -0.05) is 28.1 Å². The van der Waals surface area contributed by atoms with Crippen molar-refractivity contribution in [1.82, 2.24) is 0 Å². The molecule has 19 heavy (non-hydrogen) atoms. The summed E-state index contributed by atoms with van der Waals surface area (Å²) in [6.07, 6.45) is -0.848. The van der Waals surface area contributed by atoms with Crippen LogP contribution in [0.15, 0.2) is 40.9 Å². The molecular weight excluding hydrogens is 314 g/mol. The molecule has 0 bridgehead atoms. The first kappa shape index (κ1) is 14.2. The van der Waals surface area contributed by atoms with Crippen molar-refractivity contribution in [1.29, 1.82) is 0 Å². The largest absolute Gasteiger partial charge is 0.388 e. The van der Waals surface area contributed by atoms with Crippen LogP contribution in [0.25, 0.3) is 0 Å². The van der Waals surface area contributed by atoms with E-state index in [1.807, 2.05) is 6.92 Å². The van der Waals surface area contributed by atoms with E-state index in [4.69, 9.17) is 0 Å². The lowest BCUT2D eigenvalue weighted by Crippen LogP contribution is -2.06. The van der Waals surface area contributed by atoms with Crippen molar-refractivity contribution in [3.05, 3.63) is 69.2 Å². The molecule has 2 aromatic rings. The van der Waals surface area contributed by atoms with Gasteiger partial charge in [-0.05, 0) is 42.3 Å². The third-order valence-electron chi connectivity index (χ3n) is 3.06. The predicted octanol–water partition coefficient (Wildman–Crippen LogP) is 4.31. The SMILES string of the molecule is Cc1ccc(F)cc1CC(O)c1c(F)cccc1Br. The van der Waals surface area contributed by atoms with Crippen LogP contribution in [0.5, 0.6) is 0 Å². The summed E-state index contributed by atoms with van der Waals surface area (Å²) < 4.78 is 27.4. The minimum absolute atomic E-state index is 0.170. The van der Waals surface area contributed by atoms with Gasteiger partial charge in [0.05, 0.1) is 6.10 Å². The van der Waals surface area contributed by atoms with Crippen LogP contribution in [0.3, 0.4) is 0 Å². The minimum atomic E-state index is -1.02. The molecule has 2 aromatic carbocycles. The molecule has 100 valence electrons. The van der Waals surface area contributed by atoms with Crippen LogP contribution >= 0.6 is 15.9 Å². The van der Waals surface area contributed by atoms with Crippen LogP contribution < -0.4 is 0 Å². The number of benzene rings is 2. The Morgan fingerprint density at radius 1 is 1.21 bits per heavy atom. The van der Waals surface area contributed by atoms with Gasteiger partial charge in [0.25, 0.3) is 0 Å². The lowest BCUT2D eigenvalue weighted by molar-refractivity contribution is 0.172. The summed E-state index contributed by atoms with van der Waals surface area (Å²) in [6, 6.07) is 8.90. The zero-order valence-electron chi connectivity index (χ0n) is 10.3. The second-order valence-electron chi connectivity index (χ2n) is 4.43. The Morgan fingerprint density at radius 3 is 2.63 bits per heavy atom. The molecule has 0 saturated carbocycles. The quantitative estimate of drug-likeness (QED) is 0.891. The molecule has 0 fully saturated rings. The molecule has 0 aliphatic carbocycles. The first-order valence-corrected chi connectivity index (χ1v) is 6.65. The fourth-order valence-electron chi connectivity index (χ4n) is 2.00. The second kappa shape index (κ2) is 5.80. The summed E-state index contributed by atoms with van der Waals surface area (Å²) in [7, 11) is 0. The third kappa shape index (κ3) is 3.19. The van der Waals surface area contributed by atoms with E-state index in [2.05, 4.69) is 15.9 Å².